The Morgan fingerprint density at radius 1 is 1.25 bits per heavy atom. The first kappa shape index (κ1) is 14.7. The summed E-state index contributed by atoms with van der Waals surface area (Å²) in [5.74, 6) is -0.328. The Morgan fingerprint density at radius 2 is 2.00 bits per heavy atom. The predicted molar refractivity (Wildman–Crippen MR) is 78.5 cm³/mol. The summed E-state index contributed by atoms with van der Waals surface area (Å²) in [6.45, 7) is 3.77. The van der Waals surface area contributed by atoms with Gasteiger partial charge in [0.2, 0.25) is 0 Å². The highest BCUT2D eigenvalue weighted by Gasteiger charge is 2.47. The Bertz CT molecular complexity index is 331. The number of nitrogens with zero attached hydrogens (tertiary/aromatic N) is 2. The summed E-state index contributed by atoms with van der Waals surface area (Å²) in [6.07, 6.45) is 5.48. The van der Waals surface area contributed by atoms with Gasteiger partial charge >= 0.3 is 0 Å². The van der Waals surface area contributed by atoms with Crippen molar-refractivity contribution >= 4 is 0 Å². The van der Waals surface area contributed by atoms with Crippen LogP contribution in [-0.2, 0) is 9.47 Å². The molecule has 2 aliphatic heterocycles. The highest BCUT2D eigenvalue weighted by atomic mass is 16.7. The van der Waals surface area contributed by atoms with Crippen LogP contribution >= 0.6 is 0 Å². The zero-order chi connectivity index (χ0) is 14.2. The van der Waals surface area contributed by atoms with Crippen molar-refractivity contribution < 1.29 is 9.47 Å². The van der Waals surface area contributed by atoms with E-state index in [2.05, 4.69) is 23.9 Å². The molecular weight excluding hydrogens is 254 g/mol. The van der Waals surface area contributed by atoms with Crippen molar-refractivity contribution in [2.75, 3.05) is 40.4 Å². The number of nitrogens with two attached hydrogens (primary N) is 1. The average molecular weight is 283 g/mol. The molecule has 20 heavy (non-hydrogen) atoms. The lowest BCUT2D eigenvalue weighted by Crippen LogP contribution is -2.58. The van der Waals surface area contributed by atoms with Gasteiger partial charge in [-0.05, 0) is 39.9 Å². The summed E-state index contributed by atoms with van der Waals surface area (Å²) in [4.78, 5) is 4.92. The quantitative estimate of drug-likeness (QED) is 0.823. The molecule has 0 aromatic heterocycles. The number of hydrogen-bond acceptors (Lipinski definition) is 5. The summed E-state index contributed by atoms with van der Waals surface area (Å²) in [7, 11) is 4.31. The first-order chi connectivity index (χ1) is 9.60. The molecule has 2 N–H and O–H groups in total. The van der Waals surface area contributed by atoms with Crippen molar-refractivity contribution in [1.29, 1.82) is 0 Å². The van der Waals surface area contributed by atoms with E-state index >= 15 is 0 Å². The Kier molecular flexibility index (Phi) is 4.34. The lowest BCUT2D eigenvalue weighted by Gasteiger charge is -2.45. The molecule has 5 heteroatoms. The van der Waals surface area contributed by atoms with E-state index < -0.39 is 0 Å². The maximum Gasteiger partial charge on any atom is 0.170 e. The highest BCUT2D eigenvalue weighted by molar-refractivity contribution is 4.98. The van der Waals surface area contributed by atoms with Crippen LogP contribution in [0.15, 0.2) is 0 Å². The Labute approximate surface area is 122 Å². The molecule has 0 radical (unpaired) electrons. The summed E-state index contributed by atoms with van der Waals surface area (Å²) in [6, 6.07) is 1.31. The molecule has 1 spiro atoms. The lowest BCUT2D eigenvalue weighted by atomic mass is 9.84. The molecule has 1 aliphatic carbocycles. The second-order valence-electron chi connectivity index (χ2n) is 6.88. The molecule has 116 valence electrons. The van der Waals surface area contributed by atoms with Crippen molar-refractivity contribution in [2.45, 2.75) is 56.0 Å². The second kappa shape index (κ2) is 5.89. The zero-order valence-electron chi connectivity index (χ0n) is 12.9. The van der Waals surface area contributed by atoms with E-state index in [0.717, 1.165) is 39.0 Å². The van der Waals surface area contributed by atoms with Crippen LogP contribution in [0.5, 0.6) is 0 Å². The van der Waals surface area contributed by atoms with Crippen LogP contribution in [0.25, 0.3) is 0 Å². The maximum absolute atomic E-state index is 6.44. The third kappa shape index (κ3) is 2.88. The van der Waals surface area contributed by atoms with E-state index in [9.17, 15) is 0 Å². The number of hydrogen-bond donors (Lipinski definition) is 1. The molecule has 3 atom stereocenters. The maximum atomic E-state index is 6.44. The lowest BCUT2D eigenvalue weighted by molar-refractivity contribution is -0.192. The van der Waals surface area contributed by atoms with E-state index in [-0.39, 0.29) is 11.8 Å². The fraction of sp³-hybridized carbons (Fsp3) is 1.00. The minimum absolute atomic E-state index is 0.260. The number of likely N-dealkylation sites (tertiary alicyclic amines) is 1. The molecule has 5 nitrogen and oxygen atoms in total. The van der Waals surface area contributed by atoms with E-state index in [4.69, 9.17) is 15.2 Å². The van der Waals surface area contributed by atoms with Gasteiger partial charge in [-0.1, -0.05) is 0 Å². The molecular formula is C15H29N3O2. The van der Waals surface area contributed by atoms with Gasteiger partial charge in [-0.3, -0.25) is 4.90 Å². The first-order valence-corrected chi connectivity index (χ1v) is 8.04. The fourth-order valence-corrected chi connectivity index (χ4v) is 4.19. The minimum atomic E-state index is -0.328. The third-order valence-electron chi connectivity index (χ3n) is 5.11. The minimum Gasteiger partial charge on any atom is -0.347 e. The highest BCUT2D eigenvalue weighted by Crippen LogP contribution is 2.39. The van der Waals surface area contributed by atoms with Gasteiger partial charge in [-0.25, -0.2) is 0 Å². The van der Waals surface area contributed by atoms with E-state index in [0.29, 0.717) is 12.1 Å². The van der Waals surface area contributed by atoms with E-state index in [1.165, 1.54) is 19.4 Å². The molecule has 3 rings (SSSR count). The van der Waals surface area contributed by atoms with Gasteiger partial charge < -0.3 is 20.1 Å². The predicted octanol–water partition coefficient (Wildman–Crippen LogP) is 0.635. The standard InChI is InChI=1S/C15H29N3O2/c1-17(2)11-12-4-3-7-18(12)14-10-15(6-5-13(14)16)19-8-9-20-15/h12-14H,3-11,16H2,1-2H3. The first-order valence-electron chi connectivity index (χ1n) is 8.04. The fourth-order valence-electron chi connectivity index (χ4n) is 4.19. The molecule has 0 aromatic carbocycles. The molecule has 3 unspecified atom stereocenters. The van der Waals surface area contributed by atoms with Crippen molar-refractivity contribution in [3.8, 4) is 0 Å². The van der Waals surface area contributed by atoms with Crippen molar-refractivity contribution in [1.82, 2.24) is 9.80 Å². The third-order valence-corrected chi connectivity index (χ3v) is 5.11. The molecule has 3 aliphatic rings. The molecule has 1 saturated carbocycles. The van der Waals surface area contributed by atoms with Gasteiger partial charge in [0.25, 0.3) is 0 Å². The van der Waals surface area contributed by atoms with Gasteiger partial charge in [0.05, 0.1) is 13.2 Å². The molecule has 3 fully saturated rings. The van der Waals surface area contributed by atoms with Crippen molar-refractivity contribution in [2.24, 2.45) is 5.73 Å². The van der Waals surface area contributed by atoms with E-state index in [1.54, 1.807) is 0 Å². The van der Waals surface area contributed by atoms with Crippen LogP contribution in [0.1, 0.15) is 32.1 Å². The van der Waals surface area contributed by atoms with Gasteiger partial charge in [0.1, 0.15) is 0 Å². The van der Waals surface area contributed by atoms with Crippen LogP contribution in [-0.4, -0.2) is 74.1 Å². The summed E-state index contributed by atoms with van der Waals surface area (Å²) < 4.78 is 11.8. The SMILES string of the molecule is CN(C)CC1CCCN1C1CC2(CCC1N)OCCO2. The van der Waals surface area contributed by atoms with Gasteiger partial charge in [-0.15, -0.1) is 0 Å². The van der Waals surface area contributed by atoms with Crippen LogP contribution in [0.3, 0.4) is 0 Å². The Balaban J connectivity index is 1.70. The van der Waals surface area contributed by atoms with Gasteiger partial charge in [0.15, 0.2) is 5.79 Å². The van der Waals surface area contributed by atoms with Gasteiger partial charge in [0, 0.05) is 37.5 Å². The monoisotopic (exact) mass is 283 g/mol. The Hall–Kier alpha value is -0.200. The van der Waals surface area contributed by atoms with Gasteiger partial charge in [-0.2, -0.15) is 0 Å². The average Bonchev–Trinajstić information content (AvgIpc) is 3.02. The number of rotatable bonds is 3. The normalized spacial score (nSPS) is 38.1. The molecule has 0 aromatic rings. The van der Waals surface area contributed by atoms with Crippen LogP contribution in [0.2, 0.25) is 0 Å². The molecule has 0 bridgehead atoms. The largest absolute Gasteiger partial charge is 0.347 e. The summed E-state index contributed by atoms with van der Waals surface area (Å²) in [5.41, 5.74) is 6.44. The van der Waals surface area contributed by atoms with Crippen LogP contribution < -0.4 is 5.73 Å². The number of likely N-dealkylation sites (N-methyl/N-ethyl adjacent to an activating group) is 1. The molecule has 0 amide bonds. The summed E-state index contributed by atoms with van der Waals surface area (Å²) in [5, 5.41) is 0. The van der Waals surface area contributed by atoms with Crippen molar-refractivity contribution in [3.05, 3.63) is 0 Å². The Morgan fingerprint density at radius 3 is 2.70 bits per heavy atom. The second-order valence-corrected chi connectivity index (χ2v) is 6.88. The van der Waals surface area contributed by atoms with Crippen molar-refractivity contribution in [3.63, 3.8) is 0 Å². The molecule has 2 saturated heterocycles. The van der Waals surface area contributed by atoms with E-state index in [1.807, 2.05) is 0 Å². The topological polar surface area (TPSA) is 51.0 Å². The zero-order valence-corrected chi connectivity index (χ0v) is 12.9. The molecule has 2 heterocycles. The smallest absolute Gasteiger partial charge is 0.170 e. The van der Waals surface area contributed by atoms with Crippen LogP contribution in [0.4, 0.5) is 0 Å². The van der Waals surface area contributed by atoms with Crippen LogP contribution in [0, 0.1) is 0 Å². The number of ether oxygens (including phenoxy) is 2. The summed E-state index contributed by atoms with van der Waals surface area (Å²) >= 11 is 0.